The quantitative estimate of drug-likeness (QED) is 0.341. The van der Waals surface area contributed by atoms with Crippen molar-refractivity contribution in [2.45, 2.75) is 18.3 Å². The number of hydrogen-bond acceptors (Lipinski definition) is 6. The number of furan rings is 1. The van der Waals surface area contributed by atoms with Gasteiger partial charge >= 0.3 is 23.8 Å². The summed E-state index contributed by atoms with van der Waals surface area (Å²) in [5.74, 6) is -9.24. The van der Waals surface area contributed by atoms with Gasteiger partial charge < -0.3 is 13.9 Å². The first-order valence-electron chi connectivity index (χ1n) is 6.08. The molecule has 1 atom stereocenters. The zero-order chi connectivity index (χ0) is 17.8. The van der Waals surface area contributed by atoms with Gasteiger partial charge in [-0.3, -0.25) is 4.79 Å². The van der Waals surface area contributed by atoms with E-state index in [0.29, 0.717) is 14.2 Å². The molecule has 6 nitrogen and oxygen atoms in total. The van der Waals surface area contributed by atoms with E-state index in [-0.39, 0.29) is 0 Å². The van der Waals surface area contributed by atoms with Crippen molar-refractivity contribution in [3.05, 3.63) is 24.2 Å². The van der Waals surface area contributed by atoms with Crippen molar-refractivity contribution in [2.24, 2.45) is 5.92 Å². The molecule has 0 bridgehead atoms. The molecule has 0 amide bonds. The van der Waals surface area contributed by atoms with E-state index in [1.54, 1.807) is 0 Å². The van der Waals surface area contributed by atoms with E-state index >= 15 is 0 Å². The average molecular weight is 340 g/mol. The highest BCUT2D eigenvalue weighted by Crippen LogP contribution is 2.41. The van der Waals surface area contributed by atoms with E-state index in [1.807, 2.05) is 0 Å². The van der Waals surface area contributed by atoms with Crippen molar-refractivity contribution in [1.82, 2.24) is 0 Å². The highest BCUT2D eigenvalue weighted by atomic mass is 19.4. The first kappa shape index (κ1) is 18.7. The Bertz CT molecular complexity index is 562. The molecule has 1 aromatic rings. The molecule has 128 valence electrons. The number of ketones is 1. The number of methoxy groups -OCH3 is 2. The lowest BCUT2D eigenvalue weighted by atomic mass is 9.84. The summed E-state index contributed by atoms with van der Waals surface area (Å²) in [6.45, 7) is 0. The summed E-state index contributed by atoms with van der Waals surface area (Å²) < 4.78 is 66.7. The van der Waals surface area contributed by atoms with E-state index in [4.69, 9.17) is 0 Å². The summed E-state index contributed by atoms with van der Waals surface area (Å²) in [4.78, 5) is 34.7. The zero-order valence-corrected chi connectivity index (χ0v) is 12.0. The molecule has 0 aliphatic carbocycles. The Hall–Kier alpha value is -2.39. The molecule has 0 N–H and O–H groups in total. The Kier molecular flexibility index (Phi) is 5.51. The van der Waals surface area contributed by atoms with Gasteiger partial charge in [-0.05, 0) is 12.1 Å². The Morgan fingerprint density at radius 2 is 1.65 bits per heavy atom. The largest absolute Gasteiger partial charge is 0.466 e. The van der Waals surface area contributed by atoms with Crippen LogP contribution in [0.3, 0.4) is 0 Å². The number of carbonyl (C=O) groups is 3. The van der Waals surface area contributed by atoms with Crippen molar-refractivity contribution >= 4 is 17.7 Å². The summed E-state index contributed by atoms with van der Waals surface area (Å²) in [5, 5.41) is 0. The molecule has 0 fully saturated rings. The molecular weight excluding hydrogens is 328 g/mol. The fraction of sp³-hybridized carbons (Fsp3) is 0.462. The average Bonchev–Trinajstić information content (AvgIpc) is 3.03. The summed E-state index contributed by atoms with van der Waals surface area (Å²) >= 11 is 0. The molecule has 1 aromatic heterocycles. The first-order valence-corrected chi connectivity index (χ1v) is 6.08. The number of hydrogen-bond donors (Lipinski definition) is 0. The first-order chi connectivity index (χ1) is 10.6. The summed E-state index contributed by atoms with van der Waals surface area (Å²) in [6, 6.07) is 2.30. The van der Waals surface area contributed by atoms with Crippen molar-refractivity contribution < 1.29 is 45.8 Å². The van der Waals surface area contributed by atoms with Crippen LogP contribution in [0.15, 0.2) is 22.8 Å². The predicted molar refractivity (Wildman–Crippen MR) is 65.1 cm³/mol. The molecule has 1 heterocycles. The molecule has 0 unspecified atom stereocenters. The van der Waals surface area contributed by atoms with Gasteiger partial charge in [0.05, 0.1) is 20.5 Å². The third kappa shape index (κ3) is 3.69. The third-order valence-corrected chi connectivity index (χ3v) is 3.03. The Balaban J connectivity index is 3.29. The van der Waals surface area contributed by atoms with Gasteiger partial charge in [-0.25, -0.2) is 14.0 Å². The van der Waals surface area contributed by atoms with E-state index in [2.05, 4.69) is 13.9 Å². The maximum Gasteiger partial charge on any atom is 0.396 e. The van der Waals surface area contributed by atoms with Crippen LogP contribution in [0.5, 0.6) is 0 Å². The maximum absolute atomic E-state index is 14.7. The minimum absolute atomic E-state index is 0.476. The summed E-state index contributed by atoms with van der Waals surface area (Å²) in [7, 11) is 1.20. The molecule has 0 spiro atoms. The maximum atomic E-state index is 14.7. The second-order valence-corrected chi connectivity index (χ2v) is 4.39. The van der Waals surface area contributed by atoms with Crippen LogP contribution in [0.4, 0.5) is 17.6 Å². The molecule has 0 saturated heterocycles. The number of carbonyl (C=O) groups excluding carboxylic acids is 3. The number of rotatable bonds is 6. The normalized spacial score (nSPS) is 13.3. The highest BCUT2D eigenvalue weighted by Gasteiger charge is 2.65. The number of Topliss-reactive ketones (excluding diaryl/α,β-unsaturated/α-hetero) is 1. The lowest BCUT2D eigenvalue weighted by Crippen LogP contribution is -2.55. The zero-order valence-electron chi connectivity index (χ0n) is 12.0. The van der Waals surface area contributed by atoms with Crippen LogP contribution in [0.25, 0.3) is 0 Å². The number of halogens is 4. The molecule has 0 aliphatic rings. The molecule has 0 aromatic carbocycles. The van der Waals surface area contributed by atoms with Crippen LogP contribution in [0, 0.1) is 5.92 Å². The number of ether oxygens (including phenoxy) is 2. The van der Waals surface area contributed by atoms with Gasteiger partial charge in [-0.15, -0.1) is 0 Å². The van der Waals surface area contributed by atoms with E-state index in [1.165, 1.54) is 6.07 Å². The minimum Gasteiger partial charge on any atom is -0.466 e. The molecule has 0 saturated carbocycles. The molecule has 23 heavy (non-hydrogen) atoms. The standard InChI is InChI=1S/C13H12F4O6/c1-21-10(19)12(14,11(20)22-2)9(13(15,16)17)6-7(18)8-4-3-5-23-8/h3-5,9H,6H2,1-2H3/t9-/m0/s1. The van der Waals surface area contributed by atoms with Gasteiger partial charge in [0.15, 0.2) is 11.5 Å². The summed E-state index contributed by atoms with van der Waals surface area (Å²) in [6.07, 6.45) is -5.92. The second kappa shape index (κ2) is 6.80. The van der Waals surface area contributed by atoms with Crippen molar-refractivity contribution in [3.63, 3.8) is 0 Å². The monoisotopic (exact) mass is 340 g/mol. The van der Waals surface area contributed by atoms with Gasteiger partial charge in [0.1, 0.15) is 5.92 Å². The van der Waals surface area contributed by atoms with Gasteiger partial charge in [-0.2, -0.15) is 13.2 Å². The molecule has 10 heteroatoms. The minimum atomic E-state index is -5.40. The molecule has 0 aliphatic heterocycles. The lowest BCUT2D eigenvalue weighted by molar-refractivity contribution is -0.224. The van der Waals surface area contributed by atoms with E-state index in [0.717, 1.165) is 12.3 Å². The smallest absolute Gasteiger partial charge is 0.396 e. The highest BCUT2D eigenvalue weighted by molar-refractivity contribution is 6.05. The van der Waals surface area contributed by atoms with Crippen LogP contribution in [-0.2, 0) is 19.1 Å². The number of alkyl halides is 4. The predicted octanol–water partition coefficient (Wildman–Crippen LogP) is 2.09. The Morgan fingerprint density at radius 3 is 2.00 bits per heavy atom. The summed E-state index contributed by atoms with van der Waals surface area (Å²) in [5.41, 5.74) is -4.22. The van der Waals surface area contributed by atoms with Crippen LogP contribution in [0.1, 0.15) is 17.0 Å². The molecule has 1 rings (SSSR count). The van der Waals surface area contributed by atoms with Crippen molar-refractivity contribution in [3.8, 4) is 0 Å². The molecular formula is C13H12F4O6. The SMILES string of the molecule is COC(=O)C(F)(C(=O)OC)[C@H](CC(=O)c1ccco1)C(F)(F)F. The van der Waals surface area contributed by atoms with Crippen LogP contribution in [0.2, 0.25) is 0 Å². The Labute approximate surface area is 127 Å². The van der Waals surface area contributed by atoms with Gasteiger partial charge in [-0.1, -0.05) is 0 Å². The van der Waals surface area contributed by atoms with Gasteiger partial charge in [0, 0.05) is 6.42 Å². The third-order valence-electron chi connectivity index (χ3n) is 3.03. The fourth-order valence-corrected chi connectivity index (χ4v) is 1.87. The van der Waals surface area contributed by atoms with Crippen LogP contribution in [-0.4, -0.2) is 43.8 Å². The lowest BCUT2D eigenvalue weighted by Gasteiger charge is -2.29. The van der Waals surface area contributed by atoms with E-state index in [9.17, 15) is 31.9 Å². The Morgan fingerprint density at radius 1 is 1.13 bits per heavy atom. The van der Waals surface area contributed by atoms with Gasteiger partial charge in [0.2, 0.25) is 0 Å². The topological polar surface area (TPSA) is 82.8 Å². The molecule has 0 radical (unpaired) electrons. The van der Waals surface area contributed by atoms with Crippen molar-refractivity contribution in [2.75, 3.05) is 14.2 Å². The van der Waals surface area contributed by atoms with Crippen LogP contribution < -0.4 is 0 Å². The van der Waals surface area contributed by atoms with E-state index < -0.39 is 47.7 Å². The van der Waals surface area contributed by atoms with Crippen LogP contribution >= 0.6 is 0 Å². The second-order valence-electron chi connectivity index (χ2n) is 4.39. The fourth-order valence-electron chi connectivity index (χ4n) is 1.87. The number of esters is 2. The van der Waals surface area contributed by atoms with Crippen molar-refractivity contribution in [1.29, 1.82) is 0 Å². The van der Waals surface area contributed by atoms with Gasteiger partial charge in [0.25, 0.3) is 0 Å².